The number of aryl methyl sites for hydroxylation is 3. The topological polar surface area (TPSA) is 44.1 Å². The number of ether oxygens (including phenoxy) is 1. The van der Waals surface area contributed by atoms with E-state index in [4.69, 9.17) is 4.74 Å². The smallest absolute Gasteiger partial charge is 0.262 e. The number of benzene rings is 1. The predicted octanol–water partition coefficient (Wildman–Crippen LogP) is 3.33. The molecule has 0 spiro atoms. The Morgan fingerprint density at radius 3 is 3.13 bits per heavy atom. The van der Waals surface area contributed by atoms with Gasteiger partial charge in [0.05, 0.1) is 18.3 Å². The van der Waals surface area contributed by atoms with Crippen molar-refractivity contribution < 1.29 is 4.74 Å². The van der Waals surface area contributed by atoms with E-state index in [0.29, 0.717) is 13.2 Å². The van der Waals surface area contributed by atoms with Gasteiger partial charge < -0.3 is 4.74 Å². The average molecular weight is 326 g/mol. The molecule has 0 amide bonds. The van der Waals surface area contributed by atoms with E-state index in [2.05, 4.69) is 4.98 Å². The Bertz CT molecular complexity index is 926. The Balaban J connectivity index is 1.55. The lowest BCUT2D eigenvalue weighted by molar-refractivity contribution is 0.296. The van der Waals surface area contributed by atoms with Crippen LogP contribution < -0.4 is 10.3 Å². The maximum absolute atomic E-state index is 12.7. The second-order valence-corrected chi connectivity index (χ2v) is 7.03. The van der Waals surface area contributed by atoms with E-state index in [9.17, 15) is 4.79 Å². The summed E-state index contributed by atoms with van der Waals surface area (Å²) in [4.78, 5) is 19.4. The van der Waals surface area contributed by atoms with Crippen LogP contribution >= 0.6 is 11.3 Å². The molecule has 0 aliphatic heterocycles. The van der Waals surface area contributed by atoms with Crippen LogP contribution in [0.4, 0.5) is 0 Å². The quantitative estimate of drug-likeness (QED) is 0.738. The highest BCUT2D eigenvalue weighted by Crippen LogP contribution is 2.34. The lowest BCUT2D eigenvalue weighted by atomic mass is 10.2. The van der Waals surface area contributed by atoms with Gasteiger partial charge in [-0.1, -0.05) is 12.1 Å². The highest BCUT2D eigenvalue weighted by molar-refractivity contribution is 7.18. The number of hydrogen-bond donors (Lipinski definition) is 0. The normalized spacial score (nSPS) is 13.4. The molecule has 1 aliphatic rings. The van der Waals surface area contributed by atoms with Gasteiger partial charge in [-0.15, -0.1) is 11.3 Å². The van der Waals surface area contributed by atoms with Crippen LogP contribution in [0.1, 0.15) is 22.4 Å². The van der Waals surface area contributed by atoms with Crippen molar-refractivity contribution >= 4 is 21.6 Å². The van der Waals surface area contributed by atoms with Gasteiger partial charge in [0, 0.05) is 4.88 Å². The van der Waals surface area contributed by atoms with Gasteiger partial charge in [-0.25, -0.2) is 4.98 Å². The Morgan fingerprint density at radius 1 is 1.35 bits per heavy atom. The lowest BCUT2D eigenvalue weighted by Gasteiger charge is -2.08. The van der Waals surface area contributed by atoms with Crippen LogP contribution in [0.25, 0.3) is 10.2 Å². The molecule has 4 rings (SSSR count). The van der Waals surface area contributed by atoms with Crippen molar-refractivity contribution in [3.8, 4) is 5.75 Å². The summed E-state index contributed by atoms with van der Waals surface area (Å²) in [5.74, 6) is 0.837. The van der Waals surface area contributed by atoms with Crippen LogP contribution in [0.2, 0.25) is 0 Å². The maximum Gasteiger partial charge on any atom is 0.262 e. The number of nitrogens with zero attached hydrogens (tertiary/aromatic N) is 2. The van der Waals surface area contributed by atoms with Crippen molar-refractivity contribution in [2.24, 2.45) is 0 Å². The summed E-state index contributed by atoms with van der Waals surface area (Å²) in [5, 5.41) is 0.834. The third-order valence-corrected chi connectivity index (χ3v) is 5.48. The molecule has 3 aromatic rings. The van der Waals surface area contributed by atoms with Crippen LogP contribution in [0.15, 0.2) is 35.4 Å². The number of hydrogen-bond acceptors (Lipinski definition) is 4. The Morgan fingerprint density at radius 2 is 2.26 bits per heavy atom. The third kappa shape index (κ3) is 2.65. The summed E-state index contributed by atoms with van der Waals surface area (Å²) in [5.41, 5.74) is 2.47. The molecule has 0 saturated carbocycles. The van der Waals surface area contributed by atoms with Crippen molar-refractivity contribution in [1.29, 1.82) is 0 Å². The first-order valence-corrected chi connectivity index (χ1v) is 8.73. The van der Waals surface area contributed by atoms with Gasteiger partial charge in [0.25, 0.3) is 5.56 Å². The molecular formula is C18H18N2O2S. The molecule has 0 atom stereocenters. The zero-order chi connectivity index (χ0) is 15.8. The molecule has 0 unspecified atom stereocenters. The van der Waals surface area contributed by atoms with E-state index in [1.54, 1.807) is 22.2 Å². The average Bonchev–Trinajstić information content (AvgIpc) is 3.10. The highest BCUT2D eigenvalue weighted by Gasteiger charge is 2.21. The summed E-state index contributed by atoms with van der Waals surface area (Å²) < 4.78 is 7.42. The number of aromatic nitrogens is 2. The standard InChI is InChI=1S/C18H18N2O2S/c1-12-4-2-5-13(10-12)22-9-8-20-11-19-17-16(18(20)21)14-6-3-7-15(14)23-17/h2,4-5,10-11H,3,6-9H2,1H3. The molecule has 0 saturated heterocycles. The first-order chi connectivity index (χ1) is 11.2. The fraction of sp³-hybridized carbons (Fsp3) is 0.333. The van der Waals surface area contributed by atoms with Gasteiger partial charge in [0.2, 0.25) is 0 Å². The van der Waals surface area contributed by atoms with Crippen molar-refractivity contribution in [1.82, 2.24) is 9.55 Å². The van der Waals surface area contributed by atoms with Crippen LogP contribution in [0, 0.1) is 6.92 Å². The van der Waals surface area contributed by atoms with E-state index in [1.807, 2.05) is 31.2 Å². The second kappa shape index (κ2) is 5.81. The monoisotopic (exact) mass is 326 g/mol. The van der Waals surface area contributed by atoms with Crippen molar-refractivity contribution in [3.63, 3.8) is 0 Å². The first kappa shape index (κ1) is 14.5. The molecule has 23 heavy (non-hydrogen) atoms. The maximum atomic E-state index is 12.7. The van der Waals surface area contributed by atoms with Crippen LogP contribution in [-0.4, -0.2) is 16.2 Å². The van der Waals surface area contributed by atoms with Gasteiger partial charge in [-0.2, -0.15) is 0 Å². The molecule has 1 aromatic carbocycles. The van der Waals surface area contributed by atoms with Gasteiger partial charge in [0.1, 0.15) is 17.2 Å². The zero-order valence-electron chi connectivity index (χ0n) is 13.0. The summed E-state index contributed by atoms with van der Waals surface area (Å²) in [7, 11) is 0. The van der Waals surface area contributed by atoms with Gasteiger partial charge in [-0.05, 0) is 49.4 Å². The van der Waals surface area contributed by atoms with E-state index in [0.717, 1.165) is 40.8 Å². The van der Waals surface area contributed by atoms with Crippen molar-refractivity contribution in [2.45, 2.75) is 32.7 Å². The fourth-order valence-corrected chi connectivity index (χ4v) is 4.37. The molecule has 0 fully saturated rings. The number of thiophene rings is 1. The Kier molecular flexibility index (Phi) is 3.65. The summed E-state index contributed by atoms with van der Waals surface area (Å²) >= 11 is 1.68. The SMILES string of the molecule is Cc1cccc(OCCn2cnc3sc4c(c3c2=O)CCC4)c1. The summed E-state index contributed by atoms with van der Waals surface area (Å²) in [6.45, 7) is 3.01. The number of fused-ring (bicyclic) bond motifs is 3. The molecule has 5 heteroatoms. The zero-order valence-corrected chi connectivity index (χ0v) is 13.9. The Hall–Kier alpha value is -2.14. The molecule has 2 heterocycles. The minimum atomic E-state index is 0.0715. The third-order valence-electron chi connectivity index (χ3n) is 4.28. The van der Waals surface area contributed by atoms with Crippen molar-refractivity contribution in [2.75, 3.05) is 6.61 Å². The van der Waals surface area contributed by atoms with E-state index in [1.165, 1.54) is 10.4 Å². The predicted molar refractivity (Wildman–Crippen MR) is 92.6 cm³/mol. The van der Waals surface area contributed by atoms with Crippen LogP contribution in [0.5, 0.6) is 5.75 Å². The minimum absolute atomic E-state index is 0.0715. The summed E-state index contributed by atoms with van der Waals surface area (Å²) in [6.07, 6.45) is 4.90. The van der Waals surface area contributed by atoms with Gasteiger partial charge >= 0.3 is 0 Å². The van der Waals surface area contributed by atoms with Gasteiger partial charge in [0.15, 0.2) is 0 Å². The molecule has 1 aliphatic carbocycles. The molecular weight excluding hydrogens is 308 g/mol. The molecule has 0 bridgehead atoms. The van der Waals surface area contributed by atoms with Crippen molar-refractivity contribution in [3.05, 3.63) is 57.0 Å². The highest BCUT2D eigenvalue weighted by atomic mass is 32.1. The fourth-order valence-electron chi connectivity index (χ4n) is 3.15. The minimum Gasteiger partial charge on any atom is -0.492 e. The van der Waals surface area contributed by atoms with E-state index < -0.39 is 0 Å². The molecule has 118 valence electrons. The van der Waals surface area contributed by atoms with Crippen LogP contribution in [0.3, 0.4) is 0 Å². The van der Waals surface area contributed by atoms with E-state index >= 15 is 0 Å². The second-order valence-electron chi connectivity index (χ2n) is 5.95. The van der Waals surface area contributed by atoms with Crippen LogP contribution in [-0.2, 0) is 19.4 Å². The lowest BCUT2D eigenvalue weighted by Crippen LogP contribution is -2.23. The largest absolute Gasteiger partial charge is 0.492 e. The van der Waals surface area contributed by atoms with E-state index in [-0.39, 0.29) is 5.56 Å². The van der Waals surface area contributed by atoms with Gasteiger partial charge in [-0.3, -0.25) is 9.36 Å². The molecule has 0 radical (unpaired) electrons. The first-order valence-electron chi connectivity index (χ1n) is 7.91. The summed E-state index contributed by atoms with van der Waals surface area (Å²) in [6, 6.07) is 7.93. The molecule has 2 aromatic heterocycles. The molecule has 4 nitrogen and oxygen atoms in total. The Labute approximate surface area is 138 Å². The number of rotatable bonds is 4. The molecule has 0 N–H and O–H groups in total.